The van der Waals surface area contributed by atoms with Crippen molar-refractivity contribution in [3.8, 4) is 11.4 Å². The molecular weight excluding hydrogens is 233 g/mol. The highest BCUT2D eigenvalue weighted by molar-refractivity contribution is 7.70. The van der Waals surface area contributed by atoms with Crippen molar-refractivity contribution in [1.29, 1.82) is 0 Å². The molecule has 1 aromatic heterocycles. The molecule has 0 radical (unpaired) electrons. The van der Waals surface area contributed by atoms with E-state index in [1.807, 2.05) is 24.3 Å². The summed E-state index contributed by atoms with van der Waals surface area (Å²) in [6.07, 6.45) is 1.62. The summed E-state index contributed by atoms with van der Waals surface area (Å²) in [5.41, 5.74) is 6.47. The Morgan fingerprint density at radius 2 is 1.76 bits per heavy atom. The van der Waals surface area contributed by atoms with Gasteiger partial charge in [-0.15, -0.1) is 0 Å². The van der Waals surface area contributed by atoms with Crippen molar-refractivity contribution < 1.29 is 4.57 Å². The first-order chi connectivity index (χ1) is 7.97. The van der Waals surface area contributed by atoms with Crippen LogP contribution in [-0.2, 0) is 4.57 Å². The summed E-state index contributed by atoms with van der Waals surface area (Å²) in [5, 5.41) is 0.852. The zero-order valence-electron chi connectivity index (χ0n) is 9.79. The van der Waals surface area contributed by atoms with Gasteiger partial charge in [-0.25, -0.2) is 9.97 Å². The average molecular weight is 247 g/mol. The second kappa shape index (κ2) is 4.30. The molecule has 1 heterocycles. The fourth-order valence-electron chi connectivity index (χ4n) is 1.48. The monoisotopic (exact) mass is 247 g/mol. The minimum atomic E-state index is -2.20. The number of hydrogen-bond acceptors (Lipinski definition) is 4. The third-order valence-corrected chi connectivity index (χ3v) is 3.97. The molecule has 0 amide bonds. The normalized spacial score (nSPS) is 11.4. The van der Waals surface area contributed by atoms with Crippen LogP contribution >= 0.6 is 7.14 Å². The maximum atomic E-state index is 11.9. The summed E-state index contributed by atoms with van der Waals surface area (Å²) in [6, 6.07) is 9.07. The van der Waals surface area contributed by atoms with Crippen LogP contribution in [0.3, 0.4) is 0 Å². The first-order valence-corrected chi connectivity index (χ1v) is 7.81. The summed E-state index contributed by atoms with van der Waals surface area (Å²) < 4.78 is 11.9. The Morgan fingerprint density at radius 1 is 1.12 bits per heavy atom. The van der Waals surface area contributed by atoms with E-state index in [-0.39, 0.29) is 0 Å². The molecule has 0 aliphatic heterocycles. The number of aromatic nitrogens is 2. The number of benzene rings is 1. The quantitative estimate of drug-likeness (QED) is 0.824. The summed E-state index contributed by atoms with van der Waals surface area (Å²) >= 11 is 0. The number of hydrogen-bond donors (Lipinski definition) is 1. The topological polar surface area (TPSA) is 68.9 Å². The average Bonchev–Trinajstić information content (AvgIpc) is 2.28. The van der Waals surface area contributed by atoms with Crippen LogP contribution in [0.25, 0.3) is 11.4 Å². The van der Waals surface area contributed by atoms with Gasteiger partial charge < -0.3 is 10.3 Å². The Bertz CT molecular complexity index is 575. The van der Waals surface area contributed by atoms with E-state index in [4.69, 9.17) is 5.73 Å². The lowest BCUT2D eigenvalue weighted by Crippen LogP contribution is -2.02. The lowest BCUT2D eigenvalue weighted by Gasteiger charge is -2.07. The Balaban J connectivity index is 2.39. The molecule has 2 aromatic rings. The van der Waals surface area contributed by atoms with Crippen molar-refractivity contribution in [2.24, 2.45) is 0 Å². The highest BCUT2D eigenvalue weighted by Gasteiger charge is 2.11. The third kappa shape index (κ3) is 2.71. The van der Waals surface area contributed by atoms with Gasteiger partial charge in [0.25, 0.3) is 0 Å². The van der Waals surface area contributed by atoms with Gasteiger partial charge in [0.1, 0.15) is 13.0 Å². The van der Waals surface area contributed by atoms with E-state index in [0.29, 0.717) is 11.6 Å². The Labute approximate surface area is 100 Å². The smallest absolute Gasteiger partial charge is 0.161 e. The largest absolute Gasteiger partial charge is 0.384 e. The molecule has 1 aromatic carbocycles. The van der Waals surface area contributed by atoms with Gasteiger partial charge in [-0.05, 0) is 19.4 Å². The molecule has 0 aliphatic carbocycles. The van der Waals surface area contributed by atoms with E-state index in [2.05, 4.69) is 9.97 Å². The molecule has 0 saturated carbocycles. The number of nitrogens with zero attached hydrogens (tertiary/aromatic N) is 2. The Hall–Kier alpha value is -1.67. The van der Waals surface area contributed by atoms with E-state index < -0.39 is 7.14 Å². The van der Waals surface area contributed by atoms with Gasteiger partial charge in [0.2, 0.25) is 0 Å². The molecule has 0 bridgehead atoms. The Kier molecular flexibility index (Phi) is 2.99. The van der Waals surface area contributed by atoms with Crippen LogP contribution in [-0.4, -0.2) is 23.3 Å². The van der Waals surface area contributed by atoms with Gasteiger partial charge in [-0.3, -0.25) is 0 Å². The molecule has 0 fully saturated rings. The standard InChI is InChI=1S/C12H14N3OP/c1-17(2,16)10-5-3-9(4-6-10)12-14-8-7-11(13)15-12/h3-8H,1-2H3,(H2,13,14,15). The molecule has 0 aliphatic rings. The minimum Gasteiger partial charge on any atom is -0.384 e. The number of nitrogens with two attached hydrogens (primary N) is 1. The van der Waals surface area contributed by atoms with Crippen LogP contribution in [0.1, 0.15) is 0 Å². The van der Waals surface area contributed by atoms with Crippen molar-refractivity contribution in [3.63, 3.8) is 0 Å². The number of nitrogen functional groups attached to an aromatic ring is 1. The van der Waals surface area contributed by atoms with Crippen LogP contribution in [0.5, 0.6) is 0 Å². The highest BCUT2D eigenvalue weighted by atomic mass is 31.2. The van der Waals surface area contributed by atoms with E-state index in [1.54, 1.807) is 25.6 Å². The summed E-state index contributed by atoms with van der Waals surface area (Å²) in [7, 11) is -2.20. The SMILES string of the molecule is CP(C)(=O)c1ccc(-c2nccc(N)n2)cc1. The van der Waals surface area contributed by atoms with Crippen LogP contribution < -0.4 is 11.0 Å². The van der Waals surface area contributed by atoms with Gasteiger partial charge >= 0.3 is 0 Å². The van der Waals surface area contributed by atoms with Gasteiger partial charge in [-0.2, -0.15) is 0 Å². The van der Waals surface area contributed by atoms with Gasteiger partial charge in [-0.1, -0.05) is 24.3 Å². The van der Waals surface area contributed by atoms with E-state index >= 15 is 0 Å². The molecular formula is C12H14N3OP. The minimum absolute atomic E-state index is 0.440. The molecule has 0 saturated heterocycles. The van der Waals surface area contributed by atoms with E-state index in [9.17, 15) is 4.57 Å². The van der Waals surface area contributed by atoms with Crippen LogP contribution in [0.2, 0.25) is 0 Å². The second-order valence-corrected chi connectivity index (χ2v) is 7.42. The van der Waals surface area contributed by atoms with Crippen LogP contribution in [0.4, 0.5) is 5.82 Å². The maximum Gasteiger partial charge on any atom is 0.161 e. The molecule has 5 heteroatoms. The number of anilines is 1. The van der Waals surface area contributed by atoms with Crippen molar-refractivity contribution in [2.45, 2.75) is 0 Å². The maximum absolute atomic E-state index is 11.9. The lowest BCUT2D eigenvalue weighted by atomic mass is 10.2. The van der Waals surface area contributed by atoms with Crippen molar-refractivity contribution >= 4 is 18.3 Å². The molecule has 0 spiro atoms. The number of rotatable bonds is 2. The highest BCUT2D eigenvalue weighted by Crippen LogP contribution is 2.34. The molecule has 88 valence electrons. The second-order valence-electron chi connectivity index (χ2n) is 4.20. The van der Waals surface area contributed by atoms with Gasteiger partial charge in [0.15, 0.2) is 5.82 Å². The van der Waals surface area contributed by atoms with Crippen molar-refractivity contribution in [2.75, 3.05) is 19.1 Å². The summed E-state index contributed by atoms with van der Waals surface area (Å²) in [5.74, 6) is 1.02. The van der Waals surface area contributed by atoms with E-state index in [1.165, 1.54) is 0 Å². The van der Waals surface area contributed by atoms with E-state index in [0.717, 1.165) is 10.9 Å². The fourth-order valence-corrected chi connectivity index (χ4v) is 2.35. The molecule has 2 rings (SSSR count). The predicted molar refractivity (Wildman–Crippen MR) is 71.0 cm³/mol. The molecule has 17 heavy (non-hydrogen) atoms. The first-order valence-electron chi connectivity index (χ1n) is 5.21. The zero-order valence-corrected chi connectivity index (χ0v) is 10.7. The molecule has 0 atom stereocenters. The lowest BCUT2D eigenvalue weighted by molar-refractivity contribution is 0.588. The van der Waals surface area contributed by atoms with Crippen molar-refractivity contribution in [1.82, 2.24) is 9.97 Å². The third-order valence-electron chi connectivity index (χ3n) is 2.42. The molecule has 0 unspecified atom stereocenters. The predicted octanol–water partition coefficient (Wildman–Crippen LogP) is 1.97. The fraction of sp³-hybridized carbons (Fsp3) is 0.167. The first kappa shape index (κ1) is 11.8. The summed E-state index contributed by atoms with van der Waals surface area (Å²) in [4.78, 5) is 8.27. The molecule has 4 nitrogen and oxygen atoms in total. The summed E-state index contributed by atoms with van der Waals surface area (Å²) in [6.45, 7) is 3.50. The van der Waals surface area contributed by atoms with Crippen molar-refractivity contribution in [3.05, 3.63) is 36.5 Å². The molecule has 2 N–H and O–H groups in total. The van der Waals surface area contributed by atoms with Crippen LogP contribution in [0.15, 0.2) is 36.5 Å². The van der Waals surface area contributed by atoms with Gasteiger partial charge in [0.05, 0.1) is 0 Å². The van der Waals surface area contributed by atoms with Crippen LogP contribution in [0, 0.1) is 0 Å². The van der Waals surface area contributed by atoms with Gasteiger partial charge in [0, 0.05) is 17.1 Å². The Morgan fingerprint density at radius 3 is 2.29 bits per heavy atom. The zero-order chi connectivity index (χ0) is 12.5.